The lowest BCUT2D eigenvalue weighted by atomic mass is 10.1. The van der Waals surface area contributed by atoms with Crippen LogP contribution in [0.15, 0.2) is 30.3 Å². The van der Waals surface area contributed by atoms with E-state index in [-0.39, 0.29) is 18.7 Å². The average molecular weight is 349 g/mol. The second-order valence-corrected chi connectivity index (χ2v) is 7.10. The second-order valence-electron chi connectivity index (χ2n) is 7.10. The molecule has 0 saturated carbocycles. The van der Waals surface area contributed by atoms with Crippen molar-refractivity contribution >= 4 is 12.2 Å². The van der Waals surface area contributed by atoms with Gasteiger partial charge < -0.3 is 14.4 Å². The molecule has 0 radical (unpaired) electrons. The Morgan fingerprint density at radius 1 is 1.24 bits per heavy atom. The van der Waals surface area contributed by atoms with E-state index in [4.69, 9.17) is 9.47 Å². The molecule has 1 aliphatic rings. The fraction of sp³-hybridized carbons (Fsp3) is 0.556. The third-order valence-electron chi connectivity index (χ3n) is 3.66. The van der Waals surface area contributed by atoms with Crippen LogP contribution in [0, 0.1) is 0 Å². The van der Waals surface area contributed by atoms with Crippen LogP contribution in [-0.4, -0.2) is 41.8 Å². The normalized spacial score (nSPS) is 17.7. The second kappa shape index (κ2) is 8.71. The molecule has 0 aromatic heterocycles. The number of hydrogen-bond acceptors (Lipinski definition) is 5. The minimum atomic E-state index is -0.550. The first-order valence-electron chi connectivity index (χ1n) is 8.53. The largest absolute Gasteiger partial charge is 0.445 e. The Bertz CT molecular complexity index is 571. The number of nitrogens with one attached hydrogen (secondary N) is 2. The topological polar surface area (TPSA) is 79.9 Å². The van der Waals surface area contributed by atoms with E-state index in [2.05, 4.69) is 10.9 Å². The number of piperidine rings is 1. The lowest BCUT2D eigenvalue weighted by Gasteiger charge is -2.32. The van der Waals surface area contributed by atoms with Gasteiger partial charge in [-0.1, -0.05) is 30.3 Å². The fourth-order valence-electron chi connectivity index (χ4n) is 2.54. The highest BCUT2D eigenvalue weighted by Crippen LogP contribution is 2.12. The van der Waals surface area contributed by atoms with Crippen molar-refractivity contribution in [1.82, 2.24) is 15.8 Å². The summed E-state index contributed by atoms with van der Waals surface area (Å²) >= 11 is 0. The molecule has 1 aromatic carbocycles. The molecule has 1 heterocycles. The van der Waals surface area contributed by atoms with Crippen molar-refractivity contribution < 1.29 is 19.1 Å². The maximum Gasteiger partial charge on any atom is 0.422 e. The molecular weight excluding hydrogens is 322 g/mol. The monoisotopic (exact) mass is 349 g/mol. The summed E-state index contributed by atoms with van der Waals surface area (Å²) in [4.78, 5) is 25.5. The quantitative estimate of drug-likeness (QED) is 0.817. The van der Waals surface area contributed by atoms with Gasteiger partial charge in [0, 0.05) is 19.1 Å². The zero-order valence-electron chi connectivity index (χ0n) is 15.1. The summed E-state index contributed by atoms with van der Waals surface area (Å²) in [5.41, 5.74) is 5.87. The Hall–Kier alpha value is -2.28. The van der Waals surface area contributed by atoms with Crippen molar-refractivity contribution in [2.45, 2.75) is 51.9 Å². The van der Waals surface area contributed by atoms with E-state index in [0.717, 1.165) is 18.4 Å². The molecule has 25 heavy (non-hydrogen) atoms. The Morgan fingerprint density at radius 3 is 2.64 bits per heavy atom. The van der Waals surface area contributed by atoms with Crippen molar-refractivity contribution in [2.75, 3.05) is 13.1 Å². The minimum absolute atomic E-state index is 0.0365. The van der Waals surface area contributed by atoms with Crippen LogP contribution in [0.2, 0.25) is 0 Å². The van der Waals surface area contributed by atoms with E-state index < -0.39 is 11.7 Å². The van der Waals surface area contributed by atoms with E-state index >= 15 is 0 Å². The van der Waals surface area contributed by atoms with Gasteiger partial charge in [-0.15, -0.1) is 0 Å². The smallest absolute Gasteiger partial charge is 0.422 e. The van der Waals surface area contributed by atoms with Gasteiger partial charge in [0.05, 0.1) is 0 Å². The SMILES string of the molecule is CC(C)(C)OC(=O)NN[C@@H]1CCCN(C(=O)OCc2ccccc2)C1. The molecule has 0 unspecified atom stereocenters. The van der Waals surface area contributed by atoms with Crippen LogP contribution in [0.5, 0.6) is 0 Å². The number of likely N-dealkylation sites (tertiary alicyclic amines) is 1. The number of amides is 2. The predicted molar refractivity (Wildman–Crippen MR) is 93.7 cm³/mol. The molecule has 0 bridgehead atoms. The first-order chi connectivity index (χ1) is 11.8. The molecule has 7 nitrogen and oxygen atoms in total. The standard InChI is InChI=1S/C18H27N3O4/c1-18(2,3)25-16(22)20-19-15-10-7-11-21(12-15)17(23)24-13-14-8-5-4-6-9-14/h4-6,8-9,15,19H,7,10-13H2,1-3H3,(H,20,22)/t15-/m1/s1. The molecule has 1 aromatic rings. The van der Waals surface area contributed by atoms with Crippen molar-refractivity contribution in [3.63, 3.8) is 0 Å². The molecule has 0 spiro atoms. The summed E-state index contributed by atoms with van der Waals surface area (Å²) < 4.78 is 10.5. The van der Waals surface area contributed by atoms with Gasteiger partial charge in [-0.25, -0.2) is 15.0 Å². The van der Waals surface area contributed by atoms with Crippen LogP contribution in [0.3, 0.4) is 0 Å². The molecule has 2 N–H and O–H groups in total. The number of hydrazine groups is 1. The van der Waals surface area contributed by atoms with Crippen LogP contribution < -0.4 is 10.9 Å². The number of rotatable bonds is 4. The summed E-state index contributed by atoms with van der Waals surface area (Å²) in [7, 11) is 0. The van der Waals surface area contributed by atoms with E-state index in [1.165, 1.54) is 0 Å². The first-order valence-corrected chi connectivity index (χ1v) is 8.53. The van der Waals surface area contributed by atoms with E-state index in [0.29, 0.717) is 13.1 Å². The number of hydrogen-bond donors (Lipinski definition) is 2. The van der Waals surface area contributed by atoms with Crippen molar-refractivity contribution in [3.8, 4) is 0 Å². The Balaban J connectivity index is 1.74. The van der Waals surface area contributed by atoms with Crippen LogP contribution >= 0.6 is 0 Å². The Labute approximate surface area is 148 Å². The summed E-state index contributed by atoms with van der Waals surface area (Å²) in [5.74, 6) is 0. The molecule has 138 valence electrons. The summed E-state index contributed by atoms with van der Waals surface area (Å²) in [5, 5.41) is 0. The summed E-state index contributed by atoms with van der Waals surface area (Å²) in [6.45, 7) is 6.79. The van der Waals surface area contributed by atoms with Crippen LogP contribution in [0.1, 0.15) is 39.2 Å². The van der Waals surface area contributed by atoms with Gasteiger partial charge >= 0.3 is 12.2 Å². The van der Waals surface area contributed by atoms with Gasteiger partial charge in [0.2, 0.25) is 0 Å². The molecule has 2 rings (SSSR count). The zero-order valence-corrected chi connectivity index (χ0v) is 15.1. The Morgan fingerprint density at radius 2 is 1.96 bits per heavy atom. The number of benzene rings is 1. The lowest BCUT2D eigenvalue weighted by molar-refractivity contribution is 0.0466. The van der Waals surface area contributed by atoms with Crippen molar-refractivity contribution in [1.29, 1.82) is 0 Å². The molecule has 2 amide bonds. The zero-order chi connectivity index (χ0) is 18.3. The van der Waals surface area contributed by atoms with Crippen molar-refractivity contribution in [3.05, 3.63) is 35.9 Å². The Kier molecular flexibility index (Phi) is 6.64. The number of carbonyl (C=O) groups is 2. The molecule has 7 heteroatoms. The molecule has 1 aliphatic heterocycles. The minimum Gasteiger partial charge on any atom is -0.445 e. The lowest BCUT2D eigenvalue weighted by Crippen LogP contribution is -2.54. The van der Waals surface area contributed by atoms with Gasteiger partial charge in [-0.05, 0) is 39.2 Å². The van der Waals surface area contributed by atoms with Crippen LogP contribution in [0.25, 0.3) is 0 Å². The molecule has 1 atom stereocenters. The third-order valence-corrected chi connectivity index (χ3v) is 3.66. The number of carbonyl (C=O) groups excluding carboxylic acids is 2. The number of nitrogens with zero attached hydrogens (tertiary/aromatic N) is 1. The number of ether oxygens (including phenoxy) is 2. The van der Waals surface area contributed by atoms with E-state index in [1.54, 1.807) is 25.7 Å². The average Bonchev–Trinajstić information content (AvgIpc) is 2.57. The fourth-order valence-corrected chi connectivity index (χ4v) is 2.54. The molecule has 0 aliphatic carbocycles. The molecular formula is C18H27N3O4. The molecule has 1 fully saturated rings. The van der Waals surface area contributed by atoms with E-state index in [9.17, 15) is 9.59 Å². The highest BCUT2D eigenvalue weighted by atomic mass is 16.6. The highest BCUT2D eigenvalue weighted by molar-refractivity contribution is 5.68. The van der Waals surface area contributed by atoms with Gasteiger partial charge in [0.1, 0.15) is 12.2 Å². The molecule has 1 saturated heterocycles. The maximum absolute atomic E-state index is 12.2. The maximum atomic E-state index is 12.2. The summed E-state index contributed by atoms with van der Waals surface area (Å²) in [6.07, 6.45) is 0.829. The first kappa shape index (κ1) is 19.1. The van der Waals surface area contributed by atoms with E-state index in [1.807, 2.05) is 30.3 Å². The van der Waals surface area contributed by atoms with Gasteiger partial charge in [-0.3, -0.25) is 5.43 Å². The van der Waals surface area contributed by atoms with Gasteiger partial charge in [-0.2, -0.15) is 0 Å². The van der Waals surface area contributed by atoms with Gasteiger partial charge in [0.25, 0.3) is 0 Å². The van der Waals surface area contributed by atoms with Crippen LogP contribution in [-0.2, 0) is 16.1 Å². The van der Waals surface area contributed by atoms with Crippen molar-refractivity contribution in [2.24, 2.45) is 0 Å². The predicted octanol–water partition coefficient (Wildman–Crippen LogP) is 2.82. The summed E-state index contributed by atoms with van der Waals surface area (Å²) in [6, 6.07) is 9.53. The highest BCUT2D eigenvalue weighted by Gasteiger charge is 2.25. The third kappa shape index (κ3) is 7.01. The van der Waals surface area contributed by atoms with Gasteiger partial charge in [0.15, 0.2) is 0 Å². The van der Waals surface area contributed by atoms with Crippen LogP contribution in [0.4, 0.5) is 9.59 Å².